The van der Waals surface area contributed by atoms with Crippen LogP contribution >= 0.6 is 11.8 Å². The van der Waals surface area contributed by atoms with E-state index in [9.17, 15) is 8.78 Å². The molecule has 0 N–H and O–H groups in total. The van der Waals surface area contributed by atoms with Crippen LogP contribution in [0.25, 0.3) is 0 Å². The van der Waals surface area contributed by atoms with Gasteiger partial charge in [0.2, 0.25) is 0 Å². The number of hydrogen-bond acceptors (Lipinski definition) is 2. The predicted molar refractivity (Wildman–Crippen MR) is 67.1 cm³/mol. The SMILES string of the molecule is N#Cc1ccc(CSc2cccc(F)c2)c(F)c1. The molecule has 0 amide bonds. The van der Waals surface area contributed by atoms with Crippen molar-refractivity contribution in [1.29, 1.82) is 5.26 Å². The van der Waals surface area contributed by atoms with Gasteiger partial charge in [-0.15, -0.1) is 11.8 Å². The van der Waals surface area contributed by atoms with Crippen molar-refractivity contribution in [2.75, 3.05) is 0 Å². The molecule has 0 bridgehead atoms. The van der Waals surface area contributed by atoms with Crippen LogP contribution in [0.4, 0.5) is 8.78 Å². The highest BCUT2D eigenvalue weighted by molar-refractivity contribution is 7.98. The van der Waals surface area contributed by atoms with Crippen LogP contribution in [0.15, 0.2) is 47.4 Å². The summed E-state index contributed by atoms with van der Waals surface area (Å²) in [6.45, 7) is 0. The lowest BCUT2D eigenvalue weighted by molar-refractivity contribution is 0.617. The van der Waals surface area contributed by atoms with E-state index in [1.54, 1.807) is 24.3 Å². The van der Waals surface area contributed by atoms with Crippen LogP contribution < -0.4 is 0 Å². The lowest BCUT2D eigenvalue weighted by atomic mass is 10.1. The summed E-state index contributed by atoms with van der Waals surface area (Å²) in [7, 11) is 0. The number of rotatable bonds is 3. The van der Waals surface area contributed by atoms with Gasteiger partial charge in [-0.1, -0.05) is 12.1 Å². The fraction of sp³-hybridized carbons (Fsp3) is 0.0714. The van der Waals surface area contributed by atoms with Crippen molar-refractivity contribution in [3.05, 3.63) is 65.2 Å². The smallest absolute Gasteiger partial charge is 0.128 e. The van der Waals surface area contributed by atoms with E-state index >= 15 is 0 Å². The molecule has 4 heteroatoms. The molecule has 0 spiro atoms. The summed E-state index contributed by atoms with van der Waals surface area (Å²) < 4.78 is 26.5. The Labute approximate surface area is 108 Å². The van der Waals surface area contributed by atoms with Crippen LogP contribution in [0, 0.1) is 23.0 Å². The first-order valence-electron chi connectivity index (χ1n) is 5.26. The first-order chi connectivity index (χ1) is 8.69. The van der Waals surface area contributed by atoms with Crippen molar-refractivity contribution >= 4 is 11.8 Å². The molecule has 2 rings (SSSR count). The summed E-state index contributed by atoms with van der Waals surface area (Å²) in [4.78, 5) is 0.749. The summed E-state index contributed by atoms with van der Waals surface area (Å²) >= 11 is 1.35. The zero-order chi connectivity index (χ0) is 13.0. The van der Waals surface area contributed by atoms with Crippen LogP contribution in [-0.2, 0) is 5.75 Å². The molecule has 0 radical (unpaired) electrons. The Bertz CT molecular complexity index is 605. The monoisotopic (exact) mass is 261 g/mol. The van der Waals surface area contributed by atoms with E-state index in [1.165, 1.54) is 30.0 Å². The summed E-state index contributed by atoms with van der Waals surface area (Å²) in [5.74, 6) is -0.306. The van der Waals surface area contributed by atoms with Gasteiger partial charge in [-0.3, -0.25) is 0 Å². The Balaban J connectivity index is 2.09. The average molecular weight is 261 g/mol. The Morgan fingerprint density at radius 2 is 1.94 bits per heavy atom. The fourth-order valence-corrected chi connectivity index (χ4v) is 2.38. The normalized spacial score (nSPS) is 10.1. The van der Waals surface area contributed by atoms with E-state index in [4.69, 9.17) is 5.26 Å². The molecule has 0 heterocycles. The molecular weight excluding hydrogens is 252 g/mol. The van der Waals surface area contributed by atoms with Crippen LogP contribution in [0.1, 0.15) is 11.1 Å². The van der Waals surface area contributed by atoms with E-state index in [0.29, 0.717) is 16.9 Å². The predicted octanol–water partition coefficient (Wildman–Crippen LogP) is 4.13. The number of nitrogens with zero attached hydrogens (tertiary/aromatic N) is 1. The second kappa shape index (κ2) is 5.65. The topological polar surface area (TPSA) is 23.8 Å². The minimum absolute atomic E-state index is 0.298. The van der Waals surface area contributed by atoms with Crippen LogP contribution in [-0.4, -0.2) is 0 Å². The van der Waals surface area contributed by atoms with Crippen molar-refractivity contribution in [3.8, 4) is 6.07 Å². The van der Waals surface area contributed by atoms with Crippen molar-refractivity contribution in [1.82, 2.24) is 0 Å². The maximum atomic E-state index is 13.6. The maximum absolute atomic E-state index is 13.6. The molecule has 18 heavy (non-hydrogen) atoms. The van der Waals surface area contributed by atoms with Gasteiger partial charge in [-0.25, -0.2) is 8.78 Å². The molecule has 0 aromatic heterocycles. The Morgan fingerprint density at radius 3 is 2.61 bits per heavy atom. The molecule has 0 fully saturated rings. The highest BCUT2D eigenvalue weighted by Crippen LogP contribution is 2.24. The summed E-state index contributed by atoms with van der Waals surface area (Å²) in [6.07, 6.45) is 0. The third kappa shape index (κ3) is 3.08. The van der Waals surface area contributed by atoms with Gasteiger partial charge in [0, 0.05) is 10.6 Å². The minimum atomic E-state index is -0.405. The van der Waals surface area contributed by atoms with Gasteiger partial charge >= 0.3 is 0 Å². The van der Waals surface area contributed by atoms with E-state index in [1.807, 2.05) is 6.07 Å². The molecule has 0 unspecified atom stereocenters. The molecule has 1 nitrogen and oxygen atoms in total. The van der Waals surface area contributed by atoms with Gasteiger partial charge in [0.1, 0.15) is 11.6 Å². The molecular formula is C14H9F2NS. The summed E-state index contributed by atoms with van der Waals surface area (Å²) in [5.41, 5.74) is 0.801. The molecule has 0 saturated heterocycles. The van der Waals surface area contributed by atoms with Crippen molar-refractivity contribution < 1.29 is 8.78 Å². The molecule has 2 aromatic carbocycles. The first kappa shape index (κ1) is 12.6. The van der Waals surface area contributed by atoms with Gasteiger partial charge in [0.15, 0.2) is 0 Å². The van der Waals surface area contributed by atoms with E-state index < -0.39 is 5.82 Å². The first-order valence-corrected chi connectivity index (χ1v) is 6.24. The number of halogens is 2. The second-order valence-electron chi connectivity index (χ2n) is 3.66. The largest absolute Gasteiger partial charge is 0.207 e. The molecule has 0 aliphatic carbocycles. The maximum Gasteiger partial charge on any atom is 0.128 e. The Kier molecular flexibility index (Phi) is 3.96. The Hall–Kier alpha value is -1.86. The minimum Gasteiger partial charge on any atom is -0.207 e. The third-order valence-electron chi connectivity index (χ3n) is 2.37. The zero-order valence-corrected chi connectivity index (χ0v) is 10.2. The molecule has 0 atom stereocenters. The van der Waals surface area contributed by atoms with Crippen molar-refractivity contribution in [2.24, 2.45) is 0 Å². The molecule has 90 valence electrons. The average Bonchev–Trinajstić information content (AvgIpc) is 2.37. The van der Waals surface area contributed by atoms with Gasteiger partial charge in [-0.05, 0) is 35.9 Å². The van der Waals surface area contributed by atoms with Gasteiger partial charge in [0.25, 0.3) is 0 Å². The lowest BCUT2D eigenvalue weighted by Crippen LogP contribution is -1.89. The van der Waals surface area contributed by atoms with E-state index in [-0.39, 0.29) is 5.82 Å². The van der Waals surface area contributed by atoms with E-state index in [2.05, 4.69) is 0 Å². The zero-order valence-electron chi connectivity index (χ0n) is 9.36. The number of hydrogen-bond donors (Lipinski definition) is 0. The summed E-state index contributed by atoms with van der Waals surface area (Å²) in [5, 5.41) is 8.63. The number of nitriles is 1. The van der Waals surface area contributed by atoms with Gasteiger partial charge < -0.3 is 0 Å². The van der Waals surface area contributed by atoms with Crippen molar-refractivity contribution in [2.45, 2.75) is 10.6 Å². The highest BCUT2D eigenvalue weighted by Gasteiger charge is 2.04. The number of thioether (sulfide) groups is 1. The standard InChI is InChI=1S/C14H9F2NS/c15-12-2-1-3-13(7-12)18-9-11-5-4-10(8-17)6-14(11)16/h1-7H,9H2. The van der Waals surface area contributed by atoms with Crippen LogP contribution in [0.5, 0.6) is 0 Å². The second-order valence-corrected chi connectivity index (χ2v) is 4.71. The van der Waals surface area contributed by atoms with Gasteiger partial charge in [-0.2, -0.15) is 5.26 Å². The molecule has 0 aliphatic rings. The third-order valence-corrected chi connectivity index (χ3v) is 3.42. The molecule has 0 aliphatic heterocycles. The summed E-state index contributed by atoms with van der Waals surface area (Å²) in [6, 6.07) is 12.4. The van der Waals surface area contributed by atoms with Crippen LogP contribution in [0.3, 0.4) is 0 Å². The van der Waals surface area contributed by atoms with Crippen molar-refractivity contribution in [3.63, 3.8) is 0 Å². The van der Waals surface area contributed by atoms with Crippen LogP contribution in [0.2, 0.25) is 0 Å². The van der Waals surface area contributed by atoms with E-state index in [0.717, 1.165) is 4.90 Å². The quantitative estimate of drug-likeness (QED) is 0.776. The Morgan fingerprint density at radius 1 is 1.11 bits per heavy atom. The highest BCUT2D eigenvalue weighted by atomic mass is 32.2. The number of benzene rings is 2. The molecule has 2 aromatic rings. The fourth-order valence-electron chi connectivity index (χ4n) is 1.45. The van der Waals surface area contributed by atoms with Gasteiger partial charge in [0.05, 0.1) is 11.6 Å². The molecule has 0 saturated carbocycles. The lowest BCUT2D eigenvalue weighted by Gasteiger charge is -2.04.